The van der Waals surface area contributed by atoms with Crippen molar-refractivity contribution in [2.75, 3.05) is 17.2 Å². The molecule has 0 unspecified atom stereocenters. The van der Waals surface area contributed by atoms with Crippen LogP contribution in [0.25, 0.3) is 21.8 Å². The molecule has 3 heterocycles. The largest absolute Gasteiger partial charge is 0.383 e. The molecule has 2 aromatic carbocycles. The summed E-state index contributed by atoms with van der Waals surface area (Å²) in [5.74, 6) is 2.76. The van der Waals surface area contributed by atoms with Gasteiger partial charge in [0.05, 0.1) is 45.6 Å². The zero-order valence-corrected chi connectivity index (χ0v) is 24.7. The second kappa shape index (κ2) is 10.2. The van der Waals surface area contributed by atoms with Gasteiger partial charge in [-0.25, -0.2) is 4.68 Å². The molecule has 1 aliphatic carbocycles. The van der Waals surface area contributed by atoms with Crippen molar-refractivity contribution in [2.24, 2.45) is 5.41 Å². The van der Waals surface area contributed by atoms with E-state index in [4.69, 9.17) is 11.4 Å². The Labute approximate surface area is 246 Å². The van der Waals surface area contributed by atoms with Crippen molar-refractivity contribution in [1.29, 1.82) is 5.26 Å². The Morgan fingerprint density at radius 1 is 1.12 bits per heavy atom. The number of aromatic nitrogens is 5. The van der Waals surface area contributed by atoms with Crippen molar-refractivity contribution in [3.05, 3.63) is 82.9 Å². The Kier molecular flexibility index (Phi) is 6.58. The number of nitrogens with zero attached hydrogens (tertiary/aromatic N) is 6. The predicted molar refractivity (Wildman–Crippen MR) is 167 cm³/mol. The van der Waals surface area contributed by atoms with Crippen molar-refractivity contribution in [3.8, 4) is 18.4 Å². The third-order valence-electron chi connectivity index (χ3n) is 7.90. The molecule has 42 heavy (non-hydrogen) atoms. The SMILES string of the molecule is C#Cc1cnc2c(C#N)cc(N[C@H](c3cn(C4(C)CC4)nn3)c3cccc4nc(C)ccc34)cc2c1NCC(C)(C)C. The molecule has 1 saturated carbocycles. The molecule has 0 radical (unpaired) electrons. The third-order valence-corrected chi connectivity index (χ3v) is 7.90. The van der Waals surface area contributed by atoms with Gasteiger partial charge in [0.2, 0.25) is 0 Å². The number of nitriles is 1. The van der Waals surface area contributed by atoms with Gasteiger partial charge in [-0.3, -0.25) is 9.97 Å². The first kappa shape index (κ1) is 27.2. The molecule has 6 rings (SSSR count). The number of benzene rings is 2. The Morgan fingerprint density at radius 2 is 1.93 bits per heavy atom. The summed E-state index contributed by atoms with van der Waals surface area (Å²) in [6.07, 6.45) is 11.7. The lowest BCUT2D eigenvalue weighted by molar-refractivity contribution is 0.443. The Balaban J connectivity index is 1.51. The van der Waals surface area contributed by atoms with Crippen LogP contribution in [-0.2, 0) is 5.54 Å². The number of hydrogen-bond acceptors (Lipinski definition) is 7. The summed E-state index contributed by atoms with van der Waals surface area (Å²) in [6.45, 7) is 11.4. The average molecular weight is 555 g/mol. The molecule has 0 aliphatic heterocycles. The van der Waals surface area contributed by atoms with E-state index in [1.54, 1.807) is 6.20 Å². The maximum atomic E-state index is 10.2. The van der Waals surface area contributed by atoms with E-state index in [0.717, 1.165) is 57.5 Å². The van der Waals surface area contributed by atoms with Gasteiger partial charge in [0.15, 0.2) is 0 Å². The highest BCUT2D eigenvalue weighted by atomic mass is 15.5. The zero-order valence-electron chi connectivity index (χ0n) is 24.7. The van der Waals surface area contributed by atoms with E-state index in [9.17, 15) is 5.26 Å². The molecule has 210 valence electrons. The number of pyridine rings is 2. The minimum absolute atomic E-state index is 0.00900. The summed E-state index contributed by atoms with van der Waals surface area (Å²) >= 11 is 0. The second-order valence-corrected chi connectivity index (χ2v) is 12.7. The fourth-order valence-electron chi connectivity index (χ4n) is 5.22. The maximum Gasteiger partial charge on any atom is 0.110 e. The van der Waals surface area contributed by atoms with Crippen LogP contribution in [0.2, 0.25) is 0 Å². The van der Waals surface area contributed by atoms with Crippen molar-refractivity contribution in [2.45, 2.75) is 59.0 Å². The molecule has 5 aromatic rings. The predicted octanol–water partition coefficient (Wildman–Crippen LogP) is 6.70. The zero-order chi connectivity index (χ0) is 29.6. The van der Waals surface area contributed by atoms with Gasteiger partial charge in [0, 0.05) is 34.9 Å². The van der Waals surface area contributed by atoms with E-state index >= 15 is 0 Å². The van der Waals surface area contributed by atoms with E-state index in [-0.39, 0.29) is 17.0 Å². The number of rotatable bonds is 7. The van der Waals surface area contributed by atoms with Crippen LogP contribution in [-0.4, -0.2) is 31.5 Å². The van der Waals surface area contributed by atoms with Gasteiger partial charge >= 0.3 is 0 Å². The van der Waals surface area contributed by atoms with Gasteiger partial charge in [-0.2, -0.15) is 5.26 Å². The highest BCUT2D eigenvalue weighted by Crippen LogP contribution is 2.43. The standard InChI is InChI=1S/C34H34N8/c1-7-22-18-36-31-23(17-35)15-24(16-27(31)30(22)37-20-33(3,4)5)39-32(29-19-42(41-40-29)34(6)13-14-34)26-9-8-10-28-25(26)12-11-21(2)38-28/h1,8-12,15-16,18-19,32,39H,13-14,20H2,2-6H3,(H,36,37)/t32-/m0/s1. The van der Waals surface area contributed by atoms with Crippen LogP contribution in [0.1, 0.15) is 74.7 Å². The van der Waals surface area contributed by atoms with Gasteiger partial charge in [-0.1, -0.05) is 50.1 Å². The molecule has 1 atom stereocenters. The third kappa shape index (κ3) is 5.12. The Hall–Kier alpha value is -4.95. The van der Waals surface area contributed by atoms with Gasteiger partial charge in [-0.15, -0.1) is 11.5 Å². The fourth-order valence-corrected chi connectivity index (χ4v) is 5.22. The molecular formula is C34H34N8. The molecular weight excluding hydrogens is 520 g/mol. The monoisotopic (exact) mass is 554 g/mol. The van der Waals surface area contributed by atoms with E-state index in [2.05, 4.69) is 77.7 Å². The number of nitrogens with one attached hydrogen (secondary N) is 2. The first-order chi connectivity index (χ1) is 20.1. The molecule has 0 saturated heterocycles. The highest BCUT2D eigenvalue weighted by Gasteiger charge is 2.41. The molecule has 3 aromatic heterocycles. The molecule has 0 bridgehead atoms. The van der Waals surface area contributed by atoms with Gasteiger partial charge in [0.1, 0.15) is 11.8 Å². The normalized spacial score (nSPS) is 14.7. The smallest absolute Gasteiger partial charge is 0.110 e. The quantitative estimate of drug-likeness (QED) is 0.216. The van der Waals surface area contributed by atoms with Crippen LogP contribution < -0.4 is 10.6 Å². The van der Waals surface area contributed by atoms with Gasteiger partial charge in [0.25, 0.3) is 0 Å². The molecule has 8 nitrogen and oxygen atoms in total. The van der Waals surface area contributed by atoms with Crippen LogP contribution in [0.5, 0.6) is 0 Å². The van der Waals surface area contributed by atoms with Crippen molar-refractivity contribution in [3.63, 3.8) is 0 Å². The van der Waals surface area contributed by atoms with Crippen LogP contribution in [0.3, 0.4) is 0 Å². The highest BCUT2D eigenvalue weighted by molar-refractivity contribution is 5.99. The second-order valence-electron chi connectivity index (χ2n) is 12.7. The van der Waals surface area contributed by atoms with Crippen molar-refractivity contribution >= 4 is 33.2 Å². The lowest BCUT2D eigenvalue weighted by Crippen LogP contribution is -2.20. The Bertz CT molecular complexity index is 1910. The lowest BCUT2D eigenvalue weighted by atomic mass is 9.96. The van der Waals surface area contributed by atoms with Crippen LogP contribution in [0.4, 0.5) is 11.4 Å². The lowest BCUT2D eigenvalue weighted by Gasteiger charge is -2.23. The molecule has 0 spiro atoms. The van der Waals surface area contributed by atoms with Crippen LogP contribution in [0, 0.1) is 36.0 Å². The Morgan fingerprint density at radius 3 is 2.64 bits per heavy atom. The number of terminal acetylenes is 1. The van der Waals surface area contributed by atoms with Crippen LogP contribution in [0.15, 0.2) is 54.9 Å². The minimum atomic E-state index is -0.354. The topological polar surface area (TPSA) is 104 Å². The molecule has 8 heteroatoms. The average Bonchev–Trinajstić information content (AvgIpc) is 3.51. The molecule has 1 aliphatic rings. The van der Waals surface area contributed by atoms with E-state index in [1.165, 1.54) is 0 Å². The van der Waals surface area contributed by atoms with E-state index < -0.39 is 0 Å². The van der Waals surface area contributed by atoms with Gasteiger partial charge < -0.3 is 10.6 Å². The summed E-state index contributed by atoms with van der Waals surface area (Å²) in [6, 6.07) is 16.1. The number of anilines is 2. The first-order valence-electron chi connectivity index (χ1n) is 14.2. The minimum Gasteiger partial charge on any atom is -0.383 e. The van der Waals surface area contributed by atoms with E-state index in [1.807, 2.05) is 48.1 Å². The molecule has 1 fully saturated rings. The number of fused-ring (bicyclic) bond motifs is 2. The summed E-state index contributed by atoms with van der Waals surface area (Å²) in [5, 5.41) is 28.4. The summed E-state index contributed by atoms with van der Waals surface area (Å²) in [5.41, 5.74) is 6.97. The first-order valence-corrected chi connectivity index (χ1v) is 14.2. The molecule has 0 amide bonds. The van der Waals surface area contributed by atoms with Crippen molar-refractivity contribution < 1.29 is 0 Å². The number of hydrogen-bond donors (Lipinski definition) is 2. The van der Waals surface area contributed by atoms with E-state index in [0.29, 0.717) is 23.2 Å². The summed E-state index contributed by atoms with van der Waals surface area (Å²) in [7, 11) is 0. The maximum absolute atomic E-state index is 10.2. The fraction of sp³-hybridized carbons (Fsp3) is 0.324. The van der Waals surface area contributed by atoms with Crippen LogP contribution >= 0.6 is 0 Å². The molecule has 2 N–H and O–H groups in total. The summed E-state index contributed by atoms with van der Waals surface area (Å²) in [4.78, 5) is 9.35. The van der Waals surface area contributed by atoms with Crippen molar-refractivity contribution in [1.82, 2.24) is 25.0 Å². The number of aryl methyl sites for hydroxylation is 1. The van der Waals surface area contributed by atoms with Gasteiger partial charge in [-0.05, 0) is 61.9 Å². The summed E-state index contributed by atoms with van der Waals surface area (Å²) < 4.78 is 1.98.